The quantitative estimate of drug-likeness (QED) is 0.526. The zero-order valence-corrected chi connectivity index (χ0v) is 14.1. The molecule has 128 valence electrons. The van der Waals surface area contributed by atoms with E-state index in [0.29, 0.717) is 28.4 Å². The SMILES string of the molecule is CC1(C)N=C(c2ccccc2F)c2ccccc2-n2c(N=C=O)nnc21. The Bertz CT molecular complexity index is 1090. The van der Waals surface area contributed by atoms with Crippen LogP contribution in [0.5, 0.6) is 0 Å². The Labute approximate surface area is 148 Å². The summed E-state index contributed by atoms with van der Waals surface area (Å²) in [6.07, 6.45) is 1.51. The molecule has 2 heterocycles. The number of nitrogens with zero attached hydrogens (tertiary/aromatic N) is 5. The molecule has 0 atom stereocenters. The topological polar surface area (TPSA) is 72.5 Å². The van der Waals surface area contributed by atoms with Crippen LogP contribution in [0, 0.1) is 5.82 Å². The van der Waals surface area contributed by atoms with Gasteiger partial charge in [0.2, 0.25) is 6.08 Å². The summed E-state index contributed by atoms with van der Waals surface area (Å²) in [7, 11) is 0. The molecule has 0 spiro atoms. The maximum Gasteiger partial charge on any atom is 0.266 e. The van der Waals surface area contributed by atoms with Gasteiger partial charge in [0, 0.05) is 11.1 Å². The number of isocyanates is 1. The van der Waals surface area contributed by atoms with Gasteiger partial charge >= 0.3 is 0 Å². The summed E-state index contributed by atoms with van der Waals surface area (Å²) in [6.45, 7) is 3.71. The lowest BCUT2D eigenvalue weighted by Crippen LogP contribution is -2.20. The Balaban J connectivity index is 2.10. The van der Waals surface area contributed by atoms with Crippen LogP contribution < -0.4 is 0 Å². The van der Waals surface area contributed by atoms with Crippen LogP contribution in [0.15, 0.2) is 58.5 Å². The molecule has 1 aliphatic heterocycles. The first kappa shape index (κ1) is 16.1. The van der Waals surface area contributed by atoms with E-state index in [9.17, 15) is 9.18 Å². The minimum absolute atomic E-state index is 0.112. The van der Waals surface area contributed by atoms with Crippen LogP contribution in [0.25, 0.3) is 5.69 Å². The molecule has 7 heteroatoms. The third kappa shape index (κ3) is 2.37. The van der Waals surface area contributed by atoms with E-state index in [0.717, 1.165) is 0 Å². The zero-order chi connectivity index (χ0) is 18.3. The second kappa shape index (κ2) is 5.82. The summed E-state index contributed by atoms with van der Waals surface area (Å²) >= 11 is 0. The first-order valence-electron chi connectivity index (χ1n) is 8.01. The summed E-state index contributed by atoms with van der Waals surface area (Å²) < 4.78 is 16.2. The molecule has 0 saturated carbocycles. The number of hydrogen-bond donors (Lipinski definition) is 0. The van der Waals surface area contributed by atoms with Crippen LogP contribution in [0.1, 0.15) is 30.8 Å². The largest absolute Gasteiger partial charge is 0.270 e. The number of benzene rings is 2. The number of halogens is 1. The van der Waals surface area contributed by atoms with Crippen LogP contribution in [-0.2, 0) is 10.3 Å². The van der Waals surface area contributed by atoms with Crippen molar-refractivity contribution in [3.63, 3.8) is 0 Å². The molecule has 0 N–H and O–H groups in total. The number of fused-ring (bicyclic) bond motifs is 3. The van der Waals surface area contributed by atoms with Crippen molar-refractivity contribution < 1.29 is 9.18 Å². The minimum atomic E-state index is -0.819. The van der Waals surface area contributed by atoms with Crippen LogP contribution in [0.3, 0.4) is 0 Å². The van der Waals surface area contributed by atoms with Gasteiger partial charge in [-0.2, -0.15) is 0 Å². The Morgan fingerprint density at radius 3 is 2.46 bits per heavy atom. The van der Waals surface area contributed by atoms with Gasteiger partial charge < -0.3 is 0 Å². The van der Waals surface area contributed by atoms with Gasteiger partial charge in [-0.1, -0.05) is 30.3 Å². The van der Waals surface area contributed by atoms with Crippen LogP contribution >= 0.6 is 0 Å². The van der Waals surface area contributed by atoms with E-state index in [-0.39, 0.29) is 11.8 Å². The van der Waals surface area contributed by atoms with Crippen molar-refractivity contribution >= 4 is 17.7 Å². The second-order valence-corrected chi connectivity index (χ2v) is 6.38. The lowest BCUT2D eigenvalue weighted by Gasteiger charge is -2.18. The van der Waals surface area contributed by atoms with Crippen molar-refractivity contribution in [1.82, 2.24) is 14.8 Å². The van der Waals surface area contributed by atoms with Crippen molar-refractivity contribution in [1.29, 1.82) is 0 Å². The van der Waals surface area contributed by atoms with Crippen molar-refractivity contribution in [3.05, 3.63) is 71.3 Å². The van der Waals surface area contributed by atoms with E-state index >= 15 is 0 Å². The van der Waals surface area contributed by atoms with Crippen molar-refractivity contribution in [2.24, 2.45) is 9.98 Å². The smallest absolute Gasteiger partial charge is 0.266 e. The van der Waals surface area contributed by atoms with E-state index in [1.54, 1.807) is 22.8 Å². The average Bonchev–Trinajstić information content (AvgIpc) is 3.01. The fraction of sp³-hybridized carbons (Fsp3) is 0.158. The third-order valence-electron chi connectivity index (χ3n) is 4.26. The number of hydrogen-bond acceptors (Lipinski definition) is 5. The van der Waals surface area contributed by atoms with E-state index in [2.05, 4.69) is 15.2 Å². The van der Waals surface area contributed by atoms with Gasteiger partial charge in [-0.25, -0.2) is 9.18 Å². The molecule has 3 aromatic rings. The monoisotopic (exact) mass is 347 g/mol. The van der Waals surface area contributed by atoms with E-state index in [1.807, 2.05) is 38.1 Å². The Kier molecular flexibility index (Phi) is 3.60. The van der Waals surface area contributed by atoms with Gasteiger partial charge in [-0.3, -0.25) is 9.56 Å². The van der Waals surface area contributed by atoms with Crippen molar-refractivity contribution in [2.45, 2.75) is 19.4 Å². The normalized spacial score (nSPS) is 14.5. The zero-order valence-electron chi connectivity index (χ0n) is 14.1. The molecule has 0 fully saturated rings. The van der Waals surface area contributed by atoms with Gasteiger partial charge in [-0.05, 0) is 32.0 Å². The molecule has 0 amide bonds. The highest BCUT2D eigenvalue weighted by molar-refractivity contribution is 6.15. The molecule has 6 nitrogen and oxygen atoms in total. The lowest BCUT2D eigenvalue weighted by atomic mass is 9.99. The number of aliphatic imine (C=N–C) groups is 2. The van der Waals surface area contributed by atoms with Crippen LogP contribution in [0.4, 0.5) is 10.3 Å². The number of para-hydroxylation sites is 1. The van der Waals surface area contributed by atoms with Gasteiger partial charge in [0.05, 0.1) is 11.4 Å². The van der Waals surface area contributed by atoms with E-state index in [1.165, 1.54) is 12.1 Å². The first-order valence-corrected chi connectivity index (χ1v) is 8.01. The van der Waals surface area contributed by atoms with Crippen molar-refractivity contribution in [2.75, 3.05) is 0 Å². The van der Waals surface area contributed by atoms with Gasteiger partial charge in [0.1, 0.15) is 11.4 Å². The Morgan fingerprint density at radius 2 is 1.73 bits per heavy atom. The highest BCUT2D eigenvalue weighted by atomic mass is 19.1. The molecule has 4 rings (SSSR count). The van der Waals surface area contributed by atoms with Crippen LogP contribution in [-0.4, -0.2) is 26.6 Å². The molecule has 2 aromatic carbocycles. The van der Waals surface area contributed by atoms with Gasteiger partial charge in [0.25, 0.3) is 5.95 Å². The summed E-state index contributed by atoms with van der Waals surface area (Å²) in [5.74, 6) is 0.256. The molecule has 0 bridgehead atoms. The predicted molar refractivity (Wildman–Crippen MR) is 94.2 cm³/mol. The lowest BCUT2D eigenvalue weighted by molar-refractivity contribution is 0.510. The highest BCUT2D eigenvalue weighted by Crippen LogP contribution is 2.36. The van der Waals surface area contributed by atoms with Crippen LogP contribution in [0.2, 0.25) is 0 Å². The summed E-state index contributed by atoms with van der Waals surface area (Å²) in [5.41, 5.74) is 1.46. The maximum atomic E-state index is 14.5. The summed E-state index contributed by atoms with van der Waals surface area (Å²) in [6, 6.07) is 13.9. The first-order chi connectivity index (χ1) is 12.5. The molecule has 1 aromatic heterocycles. The number of aromatic nitrogens is 3. The Hall–Kier alpha value is -3.44. The Morgan fingerprint density at radius 1 is 1.04 bits per heavy atom. The molecule has 0 aliphatic carbocycles. The summed E-state index contributed by atoms with van der Waals surface area (Å²) in [4.78, 5) is 19.3. The number of rotatable bonds is 2. The molecule has 26 heavy (non-hydrogen) atoms. The maximum absolute atomic E-state index is 14.5. The highest BCUT2D eigenvalue weighted by Gasteiger charge is 2.34. The summed E-state index contributed by atoms with van der Waals surface area (Å²) in [5, 5.41) is 8.16. The molecule has 1 aliphatic rings. The molecular formula is C19H14FN5O. The van der Waals surface area contributed by atoms with Gasteiger partial charge in [-0.15, -0.1) is 15.2 Å². The molecule has 0 unspecified atom stereocenters. The standard InChI is InChI=1S/C19H14FN5O/c1-19(2)17-23-24-18(21-11-26)25(17)15-10-6-4-8-13(15)16(22-19)12-7-3-5-9-14(12)20/h3-10H,1-2H3. The number of carbonyl (C=O) groups excluding carboxylic acids is 1. The van der Waals surface area contributed by atoms with Gasteiger partial charge in [0.15, 0.2) is 5.82 Å². The van der Waals surface area contributed by atoms with E-state index < -0.39 is 5.54 Å². The molecule has 0 saturated heterocycles. The molecule has 0 radical (unpaired) electrons. The van der Waals surface area contributed by atoms with Crippen molar-refractivity contribution in [3.8, 4) is 5.69 Å². The fourth-order valence-electron chi connectivity index (χ4n) is 3.12. The predicted octanol–water partition coefficient (Wildman–Crippen LogP) is 3.46. The third-order valence-corrected chi connectivity index (χ3v) is 4.26. The minimum Gasteiger partial charge on any atom is -0.270 e. The second-order valence-electron chi connectivity index (χ2n) is 6.38. The molecular weight excluding hydrogens is 333 g/mol. The van der Waals surface area contributed by atoms with E-state index in [4.69, 9.17) is 4.99 Å². The fourth-order valence-corrected chi connectivity index (χ4v) is 3.12. The average molecular weight is 347 g/mol.